The van der Waals surface area contributed by atoms with Gasteiger partial charge in [0.05, 0.1) is 25.4 Å². The number of carbonyl (C=O) groups is 2. The summed E-state index contributed by atoms with van der Waals surface area (Å²) in [5.74, 6) is -0.960. The fourth-order valence-corrected chi connectivity index (χ4v) is 5.83. The van der Waals surface area contributed by atoms with Gasteiger partial charge in [-0.2, -0.15) is 0 Å². The standard InChI is InChI=1S/C43H70NO9P/c1-3-5-7-9-11-12-13-14-15-16-17-18-21-26-30-34-43(46)52-39(38-51-54(47,48)50-36-35-44)37-49-42(45)33-29-25-22-19-20-24-28-32-41-40(53-41)31-27-23-10-8-6-4-2/h5,7,11-12,14-15,17-19,22-24,27-28,39-41H,3-4,6,8-10,13,16,20-21,25-26,29-38,44H2,1-2H3,(H,47,48)/b7-5-,12-11-,15-14-,18-17-,22-19-,27-23-,28-24-/t39-,40?,41?/m1/s1. The number of hydrogen-bond acceptors (Lipinski definition) is 9. The second kappa shape index (κ2) is 34.6. The zero-order valence-corrected chi connectivity index (χ0v) is 34.0. The average molecular weight is 776 g/mol. The first kappa shape index (κ1) is 49.2. The van der Waals surface area contributed by atoms with Gasteiger partial charge in [-0.25, -0.2) is 4.57 Å². The summed E-state index contributed by atoms with van der Waals surface area (Å²) in [5, 5.41) is 0. The van der Waals surface area contributed by atoms with Gasteiger partial charge >= 0.3 is 19.8 Å². The number of esters is 2. The van der Waals surface area contributed by atoms with E-state index in [-0.39, 0.29) is 32.6 Å². The van der Waals surface area contributed by atoms with Crippen LogP contribution in [0.2, 0.25) is 0 Å². The average Bonchev–Trinajstić information content (AvgIpc) is 3.91. The third-order valence-corrected chi connectivity index (χ3v) is 9.15. The second-order valence-electron chi connectivity index (χ2n) is 13.2. The Morgan fingerprint density at radius 2 is 1.19 bits per heavy atom. The number of allylic oxidation sites excluding steroid dienone is 12. The van der Waals surface area contributed by atoms with Crippen molar-refractivity contribution >= 4 is 19.8 Å². The zero-order valence-electron chi connectivity index (χ0n) is 33.1. The van der Waals surface area contributed by atoms with Gasteiger partial charge < -0.3 is 24.8 Å². The van der Waals surface area contributed by atoms with Gasteiger partial charge in [-0.3, -0.25) is 18.6 Å². The number of rotatable bonds is 35. The number of unbranched alkanes of at least 4 members (excludes halogenated alkanes) is 6. The minimum atomic E-state index is -4.41. The van der Waals surface area contributed by atoms with E-state index < -0.39 is 32.5 Å². The molecule has 1 aliphatic rings. The normalized spacial score (nSPS) is 18.0. The highest BCUT2D eigenvalue weighted by Crippen LogP contribution is 2.43. The number of phosphoric acid groups is 1. The van der Waals surface area contributed by atoms with Gasteiger partial charge in [0, 0.05) is 19.4 Å². The minimum absolute atomic E-state index is 0.0323. The third-order valence-electron chi connectivity index (χ3n) is 8.17. The molecule has 11 heteroatoms. The molecule has 1 heterocycles. The van der Waals surface area contributed by atoms with Crippen LogP contribution >= 0.6 is 7.82 Å². The first-order valence-electron chi connectivity index (χ1n) is 20.2. The van der Waals surface area contributed by atoms with E-state index in [1.165, 1.54) is 19.3 Å². The van der Waals surface area contributed by atoms with E-state index in [4.69, 9.17) is 29.0 Å². The molecular weight excluding hydrogens is 705 g/mol. The van der Waals surface area contributed by atoms with Gasteiger partial charge in [-0.15, -0.1) is 0 Å². The van der Waals surface area contributed by atoms with Gasteiger partial charge in [-0.1, -0.05) is 112 Å². The Morgan fingerprint density at radius 1 is 0.667 bits per heavy atom. The molecule has 0 aliphatic carbocycles. The van der Waals surface area contributed by atoms with Crippen LogP contribution < -0.4 is 5.73 Å². The number of phosphoric ester groups is 1. The van der Waals surface area contributed by atoms with Crippen LogP contribution in [0, 0.1) is 0 Å². The maximum Gasteiger partial charge on any atom is 0.472 e. The fraction of sp³-hybridized carbons (Fsp3) is 0.628. The van der Waals surface area contributed by atoms with Crippen LogP contribution in [0.1, 0.15) is 129 Å². The second-order valence-corrected chi connectivity index (χ2v) is 14.6. The molecule has 1 saturated heterocycles. The number of nitrogens with two attached hydrogens (primary N) is 1. The summed E-state index contributed by atoms with van der Waals surface area (Å²) in [6.45, 7) is 3.43. The number of carbonyl (C=O) groups excluding carboxylic acids is 2. The predicted octanol–water partition coefficient (Wildman–Crippen LogP) is 10.3. The fourth-order valence-electron chi connectivity index (χ4n) is 5.07. The van der Waals surface area contributed by atoms with Gasteiger partial charge in [0.2, 0.25) is 0 Å². The molecule has 0 bridgehead atoms. The molecule has 0 aromatic carbocycles. The molecule has 10 nitrogen and oxygen atoms in total. The summed E-state index contributed by atoms with van der Waals surface area (Å²) in [5.41, 5.74) is 5.33. The quantitative estimate of drug-likeness (QED) is 0.0210. The first-order valence-corrected chi connectivity index (χ1v) is 21.7. The van der Waals surface area contributed by atoms with Crippen molar-refractivity contribution in [3.8, 4) is 0 Å². The lowest BCUT2D eigenvalue weighted by atomic mass is 10.1. The Hall–Kier alpha value is -2.85. The Kier molecular flexibility index (Phi) is 31.5. The van der Waals surface area contributed by atoms with Crippen molar-refractivity contribution in [2.45, 2.75) is 148 Å². The van der Waals surface area contributed by atoms with Crippen molar-refractivity contribution in [2.24, 2.45) is 5.73 Å². The van der Waals surface area contributed by atoms with Gasteiger partial charge in [0.15, 0.2) is 6.10 Å². The van der Waals surface area contributed by atoms with E-state index in [1.54, 1.807) is 0 Å². The maximum atomic E-state index is 12.5. The number of ether oxygens (including phenoxy) is 3. The van der Waals surface area contributed by atoms with Crippen LogP contribution in [0.4, 0.5) is 0 Å². The molecule has 0 amide bonds. The molecule has 1 rings (SSSR count). The van der Waals surface area contributed by atoms with Crippen LogP contribution in [0.15, 0.2) is 85.1 Å². The zero-order chi connectivity index (χ0) is 39.4. The monoisotopic (exact) mass is 775 g/mol. The lowest BCUT2D eigenvalue weighted by Crippen LogP contribution is -2.29. The van der Waals surface area contributed by atoms with E-state index in [0.29, 0.717) is 25.0 Å². The van der Waals surface area contributed by atoms with Crippen LogP contribution in [-0.2, 0) is 37.4 Å². The summed E-state index contributed by atoms with van der Waals surface area (Å²) < 4.78 is 38.4. The molecule has 3 N–H and O–H groups in total. The van der Waals surface area contributed by atoms with Crippen molar-refractivity contribution in [3.05, 3.63) is 85.1 Å². The van der Waals surface area contributed by atoms with E-state index in [0.717, 1.165) is 70.6 Å². The molecule has 1 aliphatic heterocycles. The SMILES string of the molecule is CC/C=C\C/C=C\C/C=C\C/C=C\CCCCC(=O)O[C@H](COC(=O)CCC/C=C\C/C=C\CC1OC1C/C=C\CCCCC)COP(=O)(O)OCCN. The van der Waals surface area contributed by atoms with Crippen LogP contribution in [0.5, 0.6) is 0 Å². The smallest absolute Gasteiger partial charge is 0.462 e. The molecule has 3 unspecified atom stereocenters. The molecule has 0 aromatic rings. The molecule has 4 atom stereocenters. The predicted molar refractivity (Wildman–Crippen MR) is 219 cm³/mol. The van der Waals surface area contributed by atoms with Crippen molar-refractivity contribution in [3.63, 3.8) is 0 Å². The minimum Gasteiger partial charge on any atom is -0.462 e. The molecule has 0 aromatic heterocycles. The third kappa shape index (κ3) is 31.5. The van der Waals surface area contributed by atoms with Crippen molar-refractivity contribution < 1.29 is 42.3 Å². The molecule has 0 spiro atoms. The van der Waals surface area contributed by atoms with Crippen LogP contribution in [0.3, 0.4) is 0 Å². The van der Waals surface area contributed by atoms with Crippen LogP contribution in [0.25, 0.3) is 0 Å². The summed E-state index contributed by atoms with van der Waals surface area (Å²) in [6, 6.07) is 0. The topological polar surface area (TPSA) is 147 Å². The Labute approximate surface area is 326 Å². The Morgan fingerprint density at radius 3 is 1.80 bits per heavy atom. The Bertz CT molecular complexity index is 1220. The van der Waals surface area contributed by atoms with Crippen molar-refractivity contribution in [1.82, 2.24) is 0 Å². The summed E-state index contributed by atoms with van der Waals surface area (Å²) in [6.07, 6.45) is 45.1. The van der Waals surface area contributed by atoms with Gasteiger partial charge in [-0.05, 0) is 89.9 Å². The maximum absolute atomic E-state index is 12.5. The van der Waals surface area contributed by atoms with E-state index in [1.807, 2.05) is 6.08 Å². The first-order chi connectivity index (χ1) is 26.3. The van der Waals surface area contributed by atoms with E-state index in [2.05, 4.69) is 92.8 Å². The highest BCUT2D eigenvalue weighted by atomic mass is 31.2. The molecule has 1 fully saturated rings. The molecule has 54 heavy (non-hydrogen) atoms. The summed E-state index contributed by atoms with van der Waals surface area (Å²) >= 11 is 0. The van der Waals surface area contributed by atoms with Crippen LogP contribution in [-0.4, -0.2) is 61.5 Å². The lowest BCUT2D eigenvalue weighted by molar-refractivity contribution is -0.161. The van der Waals surface area contributed by atoms with E-state index in [9.17, 15) is 19.0 Å². The highest BCUT2D eigenvalue weighted by molar-refractivity contribution is 7.47. The highest BCUT2D eigenvalue weighted by Gasteiger charge is 2.36. The number of epoxide rings is 1. The van der Waals surface area contributed by atoms with Gasteiger partial charge in [0.25, 0.3) is 0 Å². The molecular formula is C43H70NO9P. The van der Waals surface area contributed by atoms with Crippen molar-refractivity contribution in [1.29, 1.82) is 0 Å². The summed E-state index contributed by atoms with van der Waals surface area (Å²) in [4.78, 5) is 34.8. The molecule has 0 radical (unpaired) electrons. The largest absolute Gasteiger partial charge is 0.472 e. The van der Waals surface area contributed by atoms with Crippen molar-refractivity contribution in [2.75, 3.05) is 26.4 Å². The number of hydrogen-bond donors (Lipinski definition) is 2. The molecule has 0 saturated carbocycles. The van der Waals surface area contributed by atoms with E-state index >= 15 is 0 Å². The van der Waals surface area contributed by atoms with Gasteiger partial charge in [0.1, 0.15) is 6.61 Å². The Balaban J connectivity index is 2.29. The molecule has 306 valence electrons. The summed E-state index contributed by atoms with van der Waals surface area (Å²) in [7, 11) is -4.41. The lowest BCUT2D eigenvalue weighted by Gasteiger charge is -2.19.